The van der Waals surface area contributed by atoms with Gasteiger partial charge in [0.15, 0.2) is 0 Å². The monoisotopic (exact) mass is 259 g/mol. The van der Waals surface area contributed by atoms with E-state index in [2.05, 4.69) is 13.0 Å². The minimum atomic E-state index is 0.000185. The molecule has 1 amide bonds. The Balaban J connectivity index is 1.69. The number of piperidine rings is 1. The van der Waals surface area contributed by atoms with E-state index in [0.717, 1.165) is 37.2 Å². The van der Waals surface area contributed by atoms with Gasteiger partial charge in [0.2, 0.25) is 5.91 Å². The fourth-order valence-corrected chi connectivity index (χ4v) is 3.13. The number of likely N-dealkylation sites (tertiary alicyclic amines) is 1. The van der Waals surface area contributed by atoms with Crippen molar-refractivity contribution in [3.8, 4) is 5.75 Å². The molecule has 102 valence electrons. The quantitative estimate of drug-likeness (QED) is 0.775. The molecule has 0 spiro atoms. The molecule has 19 heavy (non-hydrogen) atoms. The van der Waals surface area contributed by atoms with Crippen LogP contribution in [0.4, 0.5) is 0 Å². The number of carbonyl (C=O) groups excluding carboxylic acids is 1. The molecule has 0 radical (unpaired) electrons. The van der Waals surface area contributed by atoms with Crippen molar-refractivity contribution < 1.29 is 9.53 Å². The van der Waals surface area contributed by atoms with Gasteiger partial charge >= 0.3 is 0 Å². The van der Waals surface area contributed by atoms with E-state index in [4.69, 9.17) is 4.74 Å². The lowest BCUT2D eigenvalue weighted by Crippen LogP contribution is -2.45. The molecule has 1 fully saturated rings. The van der Waals surface area contributed by atoms with E-state index in [9.17, 15) is 4.79 Å². The molecular formula is C16H21NO2. The minimum Gasteiger partial charge on any atom is -0.492 e. The van der Waals surface area contributed by atoms with Crippen molar-refractivity contribution in [2.75, 3.05) is 19.7 Å². The van der Waals surface area contributed by atoms with Crippen molar-refractivity contribution in [2.45, 2.75) is 26.2 Å². The fraction of sp³-hybridized carbons (Fsp3) is 0.562. The number of hydrogen-bond donors (Lipinski definition) is 0. The molecule has 2 unspecified atom stereocenters. The predicted octanol–water partition coefficient (Wildman–Crippen LogP) is 2.50. The first-order valence-electron chi connectivity index (χ1n) is 7.23. The van der Waals surface area contributed by atoms with Crippen LogP contribution in [-0.4, -0.2) is 30.5 Å². The number of carbonyl (C=O) groups is 1. The normalized spacial score (nSPS) is 26.5. The van der Waals surface area contributed by atoms with Crippen molar-refractivity contribution >= 4 is 5.91 Å². The van der Waals surface area contributed by atoms with Gasteiger partial charge in [-0.2, -0.15) is 0 Å². The van der Waals surface area contributed by atoms with Crippen LogP contribution in [0.1, 0.15) is 25.3 Å². The fourth-order valence-electron chi connectivity index (χ4n) is 3.13. The van der Waals surface area contributed by atoms with E-state index in [-0.39, 0.29) is 11.8 Å². The summed E-state index contributed by atoms with van der Waals surface area (Å²) in [6, 6.07) is 8.04. The van der Waals surface area contributed by atoms with Gasteiger partial charge in [0.1, 0.15) is 12.4 Å². The number of hydrogen-bond acceptors (Lipinski definition) is 2. The summed E-state index contributed by atoms with van der Waals surface area (Å²) in [5.41, 5.74) is 1.16. The first kappa shape index (κ1) is 12.5. The van der Waals surface area contributed by atoms with Crippen LogP contribution in [0.25, 0.3) is 0 Å². The zero-order chi connectivity index (χ0) is 13.2. The van der Waals surface area contributed by atoms with E-state index in [1.54, 1.807) is 0 Å². The van der Waals surface area contributed by atoms with Crippen LogP contribution in [0.2, 0.25) is 0 Å². The van der Waals surface area contributed by atoms with Gasteiger partial charge in [-0.1, -0.05) is 25.1 Å². The van der Waals surface area contributed by atoms with Gasteiger partial charge in [-0.3, -0.25) is 4.79 Å². The van der Waals surface area contributed by atoms with E-state index in [1.165, 1.54) is 6.42 Å². The van der Waals surface area contributed by atoms with Crippen LogP contribution in [0.3, 0.4) is 0 Å². The average molecular weight is 259 g/mol. The molecule has 3 heteroatoms. The number of fused-ring (bicyclic) bond motifs is 1. The highest BCUT2D eigenvalue weighted by Gasteiger charge is 2.31. The van der Waals surface area contributed by atoms with Gasteiger partial charge in [-0.05, 0) is 36.8 Å². The van der Waals surface area contributed by atoms with E-state index >= 15 is 0 Å². The number of para-hydroxylation sites is 1. The first-order chi connectivity index (χ1) is 9.24. The number of benzene rings is 1. The summed E-state index contributed by atoms with van der Waals surface area (Å²) in [6.07, 6.45) is 3.20. The Morgan fingerprint density at radius 2 is 2.21 bits per heavy atom. The van der Waals surface area contributed by atoms with Crippen LogP contribution in [0.15, 0.2) is 24.3 Å². The van der Waals surface area contributed by atoms with E-state index in [0.29, 0.717) is 12.5 Å². The standard InChI is InChI=1S/C16H21NO2/c1-12-5-4-8-17(10-12)16(18)14-9-13-6-2-3-7-15(13)19-11-14/h2-3,6-7,12,14H,4-5,8-11H2,1H3. The molecule has 1 saturated heterocycles. The summed E-state index contributed by atoms with van der Waals surface area (Å²) >= 11 is 0. The summed E-state index contributed by atoms with van der Waals surface area (Å²) in [5, 5.41) is 0. The Morgan fingerprint density at radius 1 is 1.37 bits per heavy atom. The van der Waals surface area contributed by atoms with Gasteiger partial charge < -0.3 is 9.64 Å². The molecule has 2 atom stereocenters. The van der Waals surface area contributed by atoms with Crippen LogP contribution in [0.5, 0.6) is 5.75 Å². The Hall–Kier alpha value is -1.51. The second-order valence-electron chi connectivity index (χ2n) is 5.85. The maximum atomic E-state index is 12.6. The molecule has 2 heterocycles. The summed E-state index contributed by atoms with van der Waals surface area (Å²) in [7, 11) is 0. The molecule has 0 bridgehead atoms. The molecule has 3 nitrogen and oxygen atoms in total. The van der Waals surface area contributed by atoms with Gasteiger partial charge in [0.05, 0.1) is 5.92 Å². The van der Waals surface area contributed by atoms with Crippen LogP contribution >= 0.6 is 0 Å². The number of amides is 1. The highest BCUT2D eigenvalue weighted by molar-refractivity contribution is 5.80. The lowest BCUT2D eigenvalue weighted by molar-refractivity contribution is -0.138. The van der Waals surface area contributed by atoms with Crippen LogP contribution < -0.4 is 4.74 Å². The maximum absolute atomic E-state index is 12.6. The predicted molar refractivity (Wildman–Crippen MR) is 74.1 cm³/mol. The topological polar surface area (TPSA) is 29.5 Å². The minimum absolute atomic E-state index is 0.000185. The molecule has 0 aliphatic carbocycles. The number of rotatable bonds is 1. The van der Waals surface area contributed by atoms with Gasteiger partial charge in [-0.25, -0.2) is 0 Å². The Morgan fingerprint density at radius 3 is 3.05 bits per heavy atom. The number of ether oxygens (including phenoxy) is 1. The third-order valence-electron chi connectivity index (χ3n) is 4.20. The van der Waals surface area contributed by atoms with E-state index < -0.39 is 0 Å². The zero-order valence-corrected chi connectivity index (χ0v) is 11.5. The summed E-state index contributed by atoms with van der Waals surface area (Å²) < 4.78 is 5.73. The molecule has 2 aliphatic heterocycles. The van der Waals surface area contributed by atoms with Crippen molar-refractivity contribution in [3.05, 3.63) is 29.8 Å². The molecule has 2 aliphatic rings. The molecule has 3 rings (SSSR count). The summed E-state index contributed by atoms with van der Waals surface area (Å²) in [6.45, 7) is 4.59. The second-order valence-corrected chi connectivity index (χ2v) is 5.85. The smallest absolute Gasteiger partial charge is 0.229 e. The summed E-state index contributed by atoms with van der Waals surface area (Å²) in [4.78, 5) is 14.6. The third kappa shape index (κ3) is 2.60. The molecule has 0 aromatic heterocycles. The Bertz CT molecular complexity index is 472. The van der Waals surface area contributed by atoms with Gasteiger partial charge in [0, 0.05) is 13.1 Å². The third-order valence-corrected chi connectivity index (χ3v) is 4.20. The van der Waals surface area contributed by atoms with Gasteiger partial charge in [-0.15, -0.1) is 0 Å². The van der Waals surface area contributed by atoms with Crippen molar-refractivity contribution in [1.82, 2.24) is 4.90 Å². The molecule has 1 aromatic rings. The SMILES string of the molecule is CC1CCCN(C(=O)C2COc3ccccc3C2)C1. The summed E-state index contributed by atoms with van der Waals surface area (Å²) in [5.74, 6) is 1.86. The first-order valence-corrected chi connectivity index (χ1v) is 7.23. The van der Waals surface area contributed by atoms with E-state index in [1.807, 2.05) is 23.1 Å². The van der Waals surface area contributed by atoms with Gasteiger partial charge in [0.25, 0.3) is 0 Å². The molecule has 1 aromatic carbocycles. The second kappa shape index (κ2) is 5.24. The van der Waals surface area contributed by atoms with Crippen LogP contribution in [0, 0.1) is 11.8 Å². The van der Waals surface area contributed by atoms with Crippen molar-refractivity contribution in [2.24, 2.45) is 11.8 Å². The van der Waals surface area contributed by atoms with Crippen LogP contribution in [-0.2, 0) is 11.2 Å². The lowest BCUT2D eigenvalue weighted by atomic mass is 9.93. The molecule has 0 N–H and O–H groups in total. The highest BCUT2D eigenvalue weighted by atomic mass is 16.5. The van der Waals surface area contributed by atoms with Crippen molar-refractivity contribution in [3.63, 3.8) is 0 Å². The lowest BCUT2D eigenvalue weighted by Gasteiger charge is -2.35. The zero-order valence-electron chi connectivity index (χ0n) is 11.5. The largest absolute Gasteiger partial charge is 0.492 e. The molecule has 0 saturated carbocycles. The Kier molecular flexibility index (Phi) is 3.45. The number of nitrogens with zero attached hydrogens (tertiary/aromatic N) is 1. The molecular weight excluding hydrogens is 238 g/mol. The maximum Gasteiger partial charge on any atom is 0.229 e. The van der Waals surface area contributed by atoms with Crippen molar-refractivity contribution in [1.29, 1.82) is 0 Å². The Labute approximate surface area is 114 Å². The average Bonchev–Trinajstić information content (AvgIpc) is 2.46. The highest BCUT2D eigenvalue weighted by Crippen LogP contribution is 2.28.